The normalized spacial score (nSPS) is 27.0. The van der Waals surface area contributed by atoms with Gasteiger partial charge in [0.15, 0.2) is 0 Å². The summed E-state index contributed by atoms with van der Waals surface area (Å²) in [5, 5.41) is 2.79. The van der Waals surface area contributed by atoms with Crippen LogP contribution in [0, 0.1) is 0 Å². The molecule has 1 N–H and O–H groups in total. The molecular weight excluding hydrogens is 478 g/mol. The van der Waals surface area contributed by atoms with E-state index in [1.54, 1.807) is 12.1 Å². The third-order valence-corrected chi connectivity index (χ3v) is 8.62. The zero-order valence-electron chi connectivity index (χ0n) is 20.1. The minimum atomic E-state index is -0.658. The Hall–Kier alpha value is -2.90. The summed E-state index contributed by atoms with van der Waals surface area (Å²) in [6.45, 7) is 2.33. The van der Waals surface area contributed by atoms with Crippen molar-refractivity contribution in [1.82, 2.24) is 15.1 Å². The first-order chi connectivity index (χ1) is 17.5. The fourth-order valence-corrected chi connectivity index (χ4v) is 6.46. The van der Waals surface area contributed by atoms with E-state index in [0.29, 0.717) is 40.3 Å². The van der Waals surface area contributed by atoms with Gasteiger partial charge < -0.3 is 9.64 Å². The number of carbonyl (C=O) groups excluding carboxylic acids is 3. The molecular formula is C28H30ClN3O4. The summed E-state index contributed by atoms with van der Waals surface area (Å²) in [6.07, 6.45) is 5.02. The summed E-state index contributed by atoms with van der Waals surface area (Å²) >= 11 is 6.81. The van der Waals surface area contributed by atoms with Gasteiger partial charge in [-0.3, -0.25) is 24.6 Å². The van der Waals surface area contributed by atoms with Crippen LogP contribution in [-0.4, -0.2) is 58.8 Å². The molecule has 0 bridgehead atoms. The van der Waals surface area contributed by atoms with Gasteiger partial charge in [0.05, 0.1) is 5.02 Å². The minimum Gasteiger partial charge on any atom is -0.487 e. The van der Waals surface area contributed by atoms with E-state index in [1.807, 2.05) is 0 Å². The average molecular weight is 508 g/mol. The standard InChI is InChI=1S/C28H30ClN3O4/c29-26-20-16-32(22-11-13-25(33)30-27(22)34)28(35)19(20)10-12-24(26)36-23-9-5-4-8-21(23)31-14-18(15-31)17-6-2-1-3-7-17/h1-3,6-7,10,12,18,21-23H,4-5,8-9,11,13-16H2,(H,30,33,34)/t21-,22+,23+/m0/s1. The number of ether oxygens (including phenoxy) is 1. The quantitative estimate of drug-likeness (QED) is 0.621. The Bertz CT molecular complexity index is 1200. The topological polar surface area (TPSA) is 79.0 Å². The van der Waals surface area contributed by atoms with Crippen molar-refractivity contribution in [2.24, 2.45) is 0 Å². The Labute approximate surface area is 215 Å². The minimum absolute atomic E-state index is 0.0503. The first-order valence-electron chi connectivity index (χ1n) is 12.9. The van der Waals surface area contributed by atoms with E-state index in [0.717, 1.165) is 32.4 Å². The maximum absolute atomic E-state index is 13.1. The van der Waals surface area contributed by atoms with Crippen LogP contribution in [0.4, 0.5) is 0 Å². The van der Waals surface area contributed by atoms with Crippen molar-refractivity contribution in [3.8, 4) is 5.75 Å². The van der Waals surface area contributed by atoms with E-state index in [2.05, 4.69) is 40.5 Å². The zero-order chi connectivity index (χ0) is 24.8. The Morgan fingerprint density at radius 2 is 1.72 bits per heavy atom. The van der Waals surface area contributed by atoms with E-state index in [4.69, 9.17) is 16.3 Å². The Balaban J connectivity index is 1.16. The number of hydrogen-bond donors (Lipinski definition) is 1. The van der Waals surface area contributed by atoms with Gasteiger partial charge in [0, 0.05) is 49.1 Å². The highest BCUT2D eigenvalue weighted by atomic mass is 35.5. The van der Waals surface area contributed by atoms with E-state index in [-0.39, 0.29) is 30.9 Å². The molecule has 1 saturated carbocycles. The molecule has 3 heterocycles. The number of halogens is 1. The third-order valence-electron chi connectivity index (χ3n) is 8.21. The van der Waals surface area contributed by atoms with E-state index in [1.165, 1.54) is 16.9 Å². The van der Waals surface area contributed by atoms with Gasteiger partial charge in [-0.1, -0.05) is 48.4 Å². The van der Waals surface area contributed by atoms with Crippen molar-refractivity contribution in [2.45, 2.75) is 69.2 Å². The summed E-state index contributed by atoms with van der Waals surface area (Å²) < 4.78 is 6.55. The van der Waals surface area contributed by atoms with Gasteiger partial charge in [0.2, 0.25) is 11.8 Å². The van der Waals surface area contributed by atoms with Gasteiger partial charge in [0.25, 0.3) is 5.91 Å². The number of piperidine rings is 1. The number of nitrogens with zero attached hydrogens (tertiary/aromatic N) is 2. The molecule has 2 saturated heterocycles. The number of nitrogens with one attached hydrogen (secondary N) is 1. The molecule has 4 aliphatic rings. The van der Waals surface area contributed by atoms with Gasteiger partial charge in [-0.05, 0) is 43.4 Å². The van der Waals surface area contributed by atoms with Crippen LogP contribution in [0.1, 0.15) is 65.9 Å². The van der Waals surface area contributed by atoms with Gasteiger partial charge in [-0.15, -0.1) is 0 Å². The summed E-state index contributed by atoms with van der Waals surface area (Å²) in [5.41, 5.74) is 2.60. The summed E-state index contributed by atoms with van der Waals surface area (Å²) in [4.78, 5) is 41.0. The Morgan fingerprint density at radius 1 is 0.944 bits per heavy atom. The number of amides is 3. The first-order valence-corrected chi connectivity index (χ1v) is 13.3. The number of rotatable bonds is 5. The Kier molecular flexibility index (Phi) is 6.21. The average Bonchev–Trinajstić information content (AvgIpc) is 3.18. The fraction of sp³-hybridized carbons (Fsp3) is 0.464. The maximum atomic E-state index is 13.1. The number of imide groups is 1. The molecule has 7 nitrogen and oxygen atoms in total. The van der Waals surface area contributed by atoms with Gasteiger partial charge in [0.1, 0.15) is 17.9 Å². The molecule has 0 aromatic heterocycles. The SMILES string of the molecule is O=C1CC[C@@H](N2Cc3c(ccc(O[C@@H]4CCCC[C@@H]4N4CC(c5ccccc5)C4)c3Cl)C2=O)C(=O)N1. The van der Waals surface area contributed by atoms with Crippen LogP contribution in [0.25, 0.3) is 0 Å². The van der Waals surface area contributed by atoms with Crippen LogP contribution in [0.2, 0.25) is 5.02 Å². The highest BCUT2D eigenvalue weighted by Crippen LogP contribution is 2.40. The predicted octanol–water partition coefficient (Wildman–Crippen LogP) is 3.89. The zero-order valence-corrected chi connectivity index (χ0v) is 20.9. The molecule has 2 aromatic rings. The smallest absolute Gasteiger partial charge is 0.255 e. The lowest BCUT2D eigenvalue weighted by atomic mass is 9.84. The van der Waals surface area contributed by atoms with Gasteiger partial charge >= 0.3 is 0 Å². The highest BCUT2D eigenvalue weighted by molar-refractivity contribution is 6.33. The Morgan fingerprint density at radius 3 is 2.50 bits per heavy atom. The van der Waals surface area contributed by atoms with E-state index in [9.17, 15) is 14.4 Å². The molecule has 8 heteroatoms. The molecule has 3 aliphatic heterocycles. The molecule has 0 unspecified atom stereocenters. The lowest BCUT2D eigenvalue weighted by Crippen LogP contribution is -2.57. The van der Waals surface area contributed by atoms with Crippen molar-refractivity contribution in [3.05, 3.63) is 64.2 Å². The van der Waals surface area contributed by atoms with E-state index < -0.39 is 11.9 Å². The van der Waals surface area contributed by atoms with Crippen molar-refractivity contribution in [2.75, 3.05) is 13.1 Å². The molecule has 0 radical (unpaired) electrons. The molecule has 6 rings (SSSR count). The van der Waals surface area contributed by atoms with Gasteiger partial charge in [-0.2, -0.15) is 0 Å². The molecule has 3 amide bonds. The van der Waals surface area contributed by atoms with Gasteiger partial charge in [-0.25, -0.2) is 0 Å². The summed E-state index contributed by atoms with van der Waals surface area (Å²) in [6, 6.07) is 13.9. The molecule has 1 aliphatic carbocycles. The second-order valence-corrected chi connectivity index (χ2v) is 10.8. The monoisotopic (exact) mass is 507 g/mol. The summed E-state index contributed by atoms with van der Waals surface area (Å²) in [7, 11) is 0. The molecule has 3 atom stereocenters. The van der Waals surface area contributed by atoms with Crippen molar-refractivity contribution in [3.63, 3.8) is 0 Å². The molecule has 36 heavy (non-hydrogen) atoms. The number of carbonyl (C=O) groups is 3. The third kappa shape index (κ3) is 4.18. The second-order valence-electron chi connectivity index (χ2n) is 10.4. The van der Waals surface area contributed by atoms with Crippen LogP contribution >= 0.6 is 11.6 Å². The fourth-order valence-electron chi connectivity index (χ4n) is 6.19. The number of likely N-dealkylation sites (tertiary alicyclic amines) is 1. The molecule has 2 aromatic carbocycles. The molecule has 3 fully saturated rings. The summed E-state index contributed by atoms with van der Waals surface area (Å²) in [5.74, 6) is 0.227. The second kappa shape index (κ2) is 9.52. The highest BCUT2D eigenvalue weighted by Gasteiger charge is 2.42. The van der Waals surface area contributed by atoms with Crippen LogP contribution < -0.4 is 10.1 Å². The number of fused-ring (bicyclic) bond motifs is 1. The lowest BCUT2D eigenvalue weighted by Gasteiger charge is -2.48. The lowest BCUT2D eigenvalue weighted by molar-refractivity contribution is -0.136. The van der Waals surface area contributed by atoms with Crippen molar-refractivity contribution >= 4 is 29.3 Å². The largest absolute Gasteiger partial charge is 0.487 e. The molecule has 0 spiro atoms. The van der Waals surface area contributed by atoms with Crippen LogP contribution in [0.15, 0.2) is 42.5 Å². The van der Waals surface area contributed by atoms with Crippen LogP contribution in [0.3, 0.4) is 0 Å². The van der Waals surface area contributed by atoms with Crippen molar-refractivity contribution < 1.29 is 19.1 Å². The first kappa shape index (κ1) is 23.5. The van der Waals surface area contributed by atoms with Crippen LogP contribution in [-0.2, 0) is 16.1 Å². The predicted molar refractivity (Wildman–Crippen MR) is 135 cm³/mol. The number of hydrogen-bond acceptors (Lipinski definition) is 5. The van der Waals surface area contributed by atoms with Crippen LogP contribution in [0.5, 0.6) is 5.75 Å². The van der Waals surface area contributed by atoms with E-state index >= 15 is 0 Å². The number of benzene rings is 2. The molecule has 188 valence electrons. The van der Waals surface area contributed by atoms with Crippen molar-refractivity contribution in [1.29, 1.82) is 0 Å². The maximum Gasteiger partial charge on any atom is 0.255 e.